The van der Waals surface area contributed by atoms with Crippen LogP contribution in [0.25, 0.3) is 0 Å². The molecular weight excluding hydrogens is 283 g/mol. The van der Waals surface area contributed by atoms with Gasteiger partial charge in [0.25, 0.3) is 0 Å². The molecule has 0 N–H and O–H groups in total. The minimum absolute atomic E-state index is 0.764. The molecular formula is C3H5HgNS. The van der Waals surface area contributed by atoms with Crippen LogP contribution < -0.4 is 0 Å². The van der Waals surface area contributed by atoms with E-state index < -0.39 is 24.9 Å². The van der Waals surface area contributed by atoms with E-state index in [9.17, 15) is 0 Å². The van der Waals surface area contributed by atoms with Gasteiger partial charge < -0.3 is 0 Å². The molecule has 0 saturated carbocycles. The number of rotatable bonds is 2. The zero-order chi connectivity index (χ0) is 4.83. The van der Waals surface area contributed by atoms with Crippen LogP contribution in [0, 0.1) is 0 Å². The van der Waals surface area contributed by atoms with Crippen LogP contribution in [0.2, 0.25) is 3.93 Å². The Morgan fingerprint density at radius 3 is 2.83 bits per heavy atom. The molecule has 0 unspecified atom stereocenters. The van der Waals surface area contributed by atoms with Gasteiger partial charge in [0.1, 0.15) is 0 Å². The maximum absolute atomic E-state index is 4.36. The zero-order valence-electron chi connectivity index (χ0n) is 3.77. The summed E-state index contributed by atoms with van der Waals surface area (Å²) in [5.41, 5.74) is 0. The van der Waals surface area contributed by atoms with E-state index >= 15 is 0 Å². The number of hydrogen-bond acceptors (Lipinski definition) is 2. The third-order valence-corrected chi connectivity index (χ3v) is 4.64. The molecule has 0 spiro atoms. The van der Waals surface area contributed by atoms with Gasteiger partial charge in [-0.3, -0.25) is 0 Å². The van der Waals surface area contributed by atoms with Gasteiger partial charge in [-0.25, -0.2) is 0 Å². The first kappa shape index (κ1) is 6.74. The second-order valence-corrected chi connectivity index (χ2v) is 8.01. The maximum atomic E-state index is 4.36. The van der Waals surface area contributed by atoms with Crippen molar-refractivity contribution in [1.82, 2.24) is 0 Å². The Morgan fingerprint density at radius 1 is 2.00 bits per heavy atom. The molecule has 0 aromatic carbocycles. The molecule has 0 aliphatic rings. The fourth-order valence-corrected chi connectivity index (χ4v) is 2.18. The van der Waals surface area contributed by atoms with E-state index in [1.165, 1.54) is 3.93 Å². The first-order chi connectivity index (χ1) is 2.91. The average Bonchev–Trinajstić information content (AvgIpc) is 1.61. The standard InChI is InChI=1S/C2H5.CNS.Hg/c1-2;2-1-3;/h1H2,2H3;;/q;-1;+1. The first-order valence-electron chi connectivity index (χ1n) is 1.95. The van der Waals surface area contributed by atoms with Crippen LogP contribution in [0.1, 0.15) is 6.92 Å². The molecule has 0 atom stereocenters. The van der Waals surface area contributed by atoms with Crippen molar-refractivity contribution in [2.45, 2.75) is 10.9 Å². The Morgan fingerprint density at radius 2 is 2.67 bits per heavy atom. The molecule has 0 bridgehead atoms. The van der Waals surface area contributed by atoms with Crippen LogP contribution in [-0.2, 0) is 24.9 Å². The van der Waals surface area contributed by atoms with E-state index in [1.54, 1.807) is 0 Å². The third-order valence-electron chi connectivity index (χ3n) is 0.400. The van der Waals surface area contributed by atoms with E-state index in [4.69, 9.17) is 0 Å². The first-order valence-corrected chi connectivity index (χ1v) is 8.71. The van der Waals surface area contributed by atoms with Crippen molar-refractivity contribution in [3.8, 4) is 0 Å². The van der Waals surface area contributed by atoms with Gasteiger partial charge in [-0.2, -0.15) is 0 Å². The number of thiocarbonyl (C=S) groups is 1. The summed E-state index contributed by atoms with van der Waals surface area (Å²) in [7, 11) is 0. The van der Waals surface area contributed by atoms with E-state index in [2.05, 4.69) is 27.1 Å². The predicted octanol–water partition coefficient (Wildman–Crippen LogP) is 1.52. The van der Waals surface area contributed by atoms with Crippen molar-refractivity contribution in [1.29, 1.82) is 0 Å². The van der Waals surface area contributed by atoms with Gasteiger partial charge >= 0.3 is 55.9 Å². The summed E-state index contributed by atoms with van der Waals surface area (Å²) < 4.78 is 5.16. The second-order valence-electron chi connectivity index (χ2n) is 0.973. The molecule has 3 heteroatoms. The van der Waals surface area contributed by atoms with Crippen LogP contribution in [0.15, 0.2) is 2.76 Å². The quantitative estimate of drug-likeness (QED) is 0.426. The molecule has 0 amide bonds. The third kappa shape index (κ3) is 4.74. The summed E-state index contributed by atoms with van der Waals surface area (Å²) in [6.45, 7) is 2.15. The summed E-state index contributed by atoms with van der Waals surface area (Å²) >= 11 is 3.59. The molecule has 0 rings (SSSR count). The number of hydrogen-bond donors (Lipinski definition) is 0. The van der Waals surface area contributed by atoms with Gasteiger partial charge in [0.2, 0.25) is 0 Å². The Labute approximate surface area is 55.7 Å². The van der Waals surface area contributed by atoms with Gasteiger partial charge in [-0.15, -0.1) is 0 Å². The van der Waals surface area contributed by atoms with Crippen LogP contribution in [0.5, 0.6) is 0 Å². The molecule has 0 radical (unpaired) electrons. The van der Waals surface area contributed by atoms with Crippen molar-refractivity contribution in [2.75, 3.05) is 0 Å². The topological polar surface area (TPSA) is 12.4 Å². The van der Waals surface area contributed by atoms with E-state index in [0.29, 0.717) is 0 Å². The van der Waals surface area contributed by atoms with Crippen LogP contribution >= 0.6 is 12.2 Å². The normalized spacial score (nSPS) is 5.50. The molecule has 6 heavy (non-hydrogen) atoms. The fraction of sp³-hybridized carbons (Fsp3) is 0.667. The van der Waals surface area contributed by atoms with Crippen molar-refractivity contribution < 1.29 is 24.9 Å². The molecule has 0 aromatic rings. The molecule has 0 aliphatic heterocycles. The summed E-state index contributed by atoms with van der Waals surface area (Å²) in [5, 5.41) is 2.38. The molecule has 30 valence electrons. The van der Waals surface area contributed by atoms with Crippen molar-refractivity contribution in [3.05, 3.63) is 0 Å². The monoisotopic (exact) mass is 289 g/mol. The summed E-state index contributed by atoms with van der Waals surface area (Å²) in [6.07, 6.45) is 0. The predicted molar refractivity (Wildman–Crippen MR) is 25.5 cm³/mol. The summed E-state index contributed by atoms with van der Waals surface area (Å²) in [5.74, 6) is 0. The number of isothiocyanates is 1. The molecule has 0 aromatic heterocycles. The zero-order valence-corrected chi connectivity index (χ0v) is 10.1. The molecule has 1 nitrogen and oxygen atoms in total. The average molecular weight is 288 g/mol. The minimum atomic E-state index is -0.764. The van der Waals surface area contributed by atoms with Gasteiger partial charge in [-0.05, 0) is 0 Å². The van der Waals surface area contributed by atoms with Crippen LogP contribution in [0.4, 0.5) is 0 Å². The Kier molecular flexibility index (Phi) is 6.44. The van der Waals surface area contributed by atoms with E-state index in [-0.39, 0.29) is 0 Å². The van der Waals surface area contributed by atoms with E-state index in [0.717, 1.165) is 0 Å². The van der Waals surface area contributed by atoms with Crippen LogP contribution in [0.3, 0.4) is 0 Å². The second kappa shape index (κ2) is 5.74. The Hall–Kier alpha value is 0.735. The SMILES string of the molecule is C[CH2][Hg][N]=C=S. The van der Waals surface area contributed by atoms with Gasteiger partial charge in [-0.1, -0.05) is 0 Å². The van der Waals surface area contributed by atoms with Crippen molar-refractivity contribution in [3.63, 3.8) is 0 Å². The van der Waals surface area contributed by atoms with Crippen molar-refractivity contribution >= 4 is 17.4 Å². The Balaban J connectivity index is 2.86. The molecule has 0 heterocycles. The molecule has 0 fully saturated rings. The fourth-order valence-electron chi connectivity index (χ4n) is 0.157. The summed E-state index contributed by atoms with van der Waals surface area (Å²) in [6, 6.07) is 0. The van der Waals surface area contributed by atoms with Gasteiger partial charge in [0.05, 0.1) is 0 Å². The molecule has 0 aliphatic carbocycles. The number of nitrogens with zero attached hydrogens (tertiary/aromatic N) is 1. The van der Waals surface area contributed by atoms with Crippen molar-refractivity contribution in [2.24, 2.45) is 2.76 Å². The van der Waals surface area contributed by atoms with E-state index in [1.807, 2.05) is 0 Å². The van der Waals surface area contributed by atoms with Gasteiger partial charge in [0.15, 0.2) is 0 Å². The summed E-state index contributed by atoms with van der Waals surface area (Å²) in [4.78, 5) is 0. The molecule has 0 saturated heterocycles. The Bertz CT molecular complexity index is 67.2. The van der Waals surface area contributed by atoms with Crippen LogP contribution in [-0.4, -0.2) is 5.16 Å². The van der Waals surface area contributed by atoms with Gasteiger partial charge in [0, 0.05) is 0 Å².